The molecule has 2 aromatic carbocycles. The Hall–Kier alpha value is -4.22. The third kappa shape index (κ3) is 4.54. The molecule has 0 aliphatic carbocycles. The van der Waals surface area contributed by atoms with Crippen LogP contribution in [0.1, 0.15) is 45.7 Å². The maximum Gasteiger partial charge on any atom is 0.308 e. The fourth-order valence-corrected chi connectivity index (χ4v) is 5.69. The van der Waals surface area contributed by atoms with Crippen molar-refractivity contribution in [2.45, 2.75) is 33.2 Å². The molecule has 8 heteroatoms. The van der Waals surface area contributed by atoms with E-state index >= 15 is 0 Å². The second-order valence-electron chi connectivity index (χ2n) is 8.78. The topological polar surface area (TPSA) is 78.6 Å². The number of ether oxygens (including phenoxy) is 2. The van der Waals surface area contributed by atoms with Crippen LogP contribution in [0, 0.1) is 33.1 Å². The Balaban J connectivity index is 1.61. The van der Waals surface area contributed by atoms with Crippen LogP contribution in [-0.4, -0.2) is 40.2 Å². The van der Waals surface area contributed by atoms with E-state index in [9.17, 15) is 4.79 Å². The predicted octanol–water partition coefficient (Wildman–Crippen LogP) is 5.39. The maximum atomic E-state index is 12.3. The number of fused-ring (bicyclic) bond motifs is 3. The number of aliphatic imine (C=N–C) groups is 1. The van der Waals surface area contributed by atoms with Gasteiger partial charge in [0.15, 0.2) is 5.82 Å². The molecule has 2 aromatic heterocycles. The van der Waals surface area contributed by atoms with Gasteiger partial charge in [-0.3, -0.25) is 14.4 Å². The molecule has 0 unspecified atom stereocenters. The molecule has 1 aliphatic heterocycles. The highest BCUT2D eigenvalue weighted by Crippen LogP contribution is 2.39. The lowest BCUT2D eigenvalue weighted by atomic mass is 9.97. The molecule has 186 valence electrons. The van der Waals surface area contributed by atoms with Crippen LogP contribution >= 0.6 is 11.3 Å². The summed E-state index contributed by atoms with van der Waals surface area (Å²) in [6, 6.07) is 15.6. The molecule has 0 bridgehead atoms. The minimum Gasteiger partial charge on any atom is -0.481 e. The highest BCUT2D eigenvalue weighted by atomic mass is 32.1. The van der Waals surface area contributed by atoms with E-state index in [4.69, 9.17) is 20.9 Å². The van der Waals surface area contributed by atoms with Gasteiger partial charge in [-0.25, -0.2) is 0 Å². The minimum atomic E-state index is -0.521. The number of aromatic nitrogens is 3. The zero-order chi connectivity index (χ0) is 26.1. The van der Waals surface area contributed by atoms with E-state index in [0.29, 0.717) is 5.82 Å². The molecule has 0 spiro atoms. The number of rotatable bonds is 6. The summed E-state index contributed by atoms with van der Waals surface area (Å²) in [6.07, 6.45) is 5.40. The average molecular weight is 511 g/mol. The lowest BCUT2D eigenvalue weighted by Gasteiger charge is -2.12. The van der Waals surface area contributed by atoms with Crippen molar-refractivity contribution in [3.05, 3.63) is 81.7 Å². The first-order chi connectivity index (χ1) is 17.9. The summed E-state index contributed by atoms with van der Waals surface area (Å²) in [7, 11) is 1.38. The van der Waals surface area contributed by atoms with Gasteiger partial charge in [-0.15, -0.1) is 28.0 Å². The molecule has 0 fully saturated rings. The molecule has 1 atom stereocenters. The third-order valence-electron chi connectivity index (χ3n) is 6.48. The summed E-state index contributed by atoms with van der Waals surface area (Å²) in [4.78, 5) is 18.6. The minimum absolute atomic E-state index is 0.0770. The summed E-state index contributed by atoms with van der Waals surface area (Å²) in [5.41, 5.74) is 6.04. The van der Waals surface area contributed by atoms with E-state index in [1.807, 2.05) is 35.8 Å². The summed E-state index contributed by atoms with van der Waals surface area (Å²) in [5.74, 6) is 4.27. The van der Waals surface area contributed by atoms with Crippen LogP contribution in [0.3, 0.4) is 0 Å². The second-order valence-corrected chi connectivity index (χ2v) is 9.98. The predicted molar refractivity (Wildman–Crippen MR) is 145 cm³/mol. The zero-order valence-electron chi connectivity index (χ0n) is 21.1. The number of carbonyl (C=O) groups is 1. The van der Waals surface area contributed by atoms with E-state index < -0.39 is 6.04 Å². The van der Waals surface area contributed by atoms with Crippen LogP contribution < -0.4 is 4.74 Å². The maximum absolute atomic E-state index is 12.3. The molecular formula is C29H26N4O3S. The zero-order valence-corrected chi connectivity index (χ0v) is 21.9. The van der Waals surface area contributed by atoms with Crippen molar-refractivity contribution in [1.82, 2.24) is 14.8 Å². The SMILES string of the molecule is C#CCOc1cccc(-c2ccc(C3=N[C@@H](CC(=O)OC)c4nnc(C)n4-c4sc(C)c(C)c43)cc2)c1. The number of thiophene rings is 1. The first kappa shape index (κ1) is 24.5. The largest absolute Gasteiger partial charge is 0.481 e. The number of benzene rings is 2. The molecule has 0 amide bonds. The average Bonchev–Trinajstić information content (AvgIpc) is 3.39. The molecular weight excluding hydrogens is 484 g/mol. The van der Waals surface area contributed by atoms with E-state index in [2.05, 4.69) is 54.2 Å². The molecule has 4 aromatic rings. The molecule has 0 saturated heterocycles. The van der Waals surface area contributed by atoms with Crippen molar-refractivity contribution in [3.63, 3.8) is 0 Å². The number of hydrogen-bond donors (Lipinski definition) is 0. The molecule has 37 heavy (non-hydrogen) atoms. The van der Waals surface area contributed by atoms with Gasteiger partial charge in [-0.2, -0.15) is 0 Å². The number of aryl methyl sites for hydroxylation is 2. The van der Waals surface area contributed by atoms with Crippen molar-refractivity contribution in [3.8, 4) is 34.2 Å². The van der Waals surface area contributed by atoms with Gasteiger partial charge in [0.25, 0.3) is 0 Å². The Kier molecular flexibility index (Phi) is 6.64. The van der Waals surface area contributed by atoms with Gasteiger partial charge in [-0.05, 0) is 49.6 Å². The fourth-order valence-electron chi connectivity index (χ4n) is 4.48. The molecule has 7 nitrogen and oxygen atoms in total. The van der Waals surface area contributed by atoms with Crippen molar-refractivity contribution in [1.29, 1.82) is 0 Å². The van der Waals surface area contributed by atoms with Gasteiger partial charge in [0.2, 0.25) is 0 Å². The summed E-state index contributed by atoms with van der Waals surface area (Å²) < 4.78 is 12.6. The Morgan fingerprint density at radius 3 is 2.57 bits per heavy atom. The number of methoxy groups -OCH3 is 1. The summed E-state index contributed by atoms with van der Waals surface area (Å²) in [6.45, 7) is 6.36. The van der Waals surface area contributed by atoms with Crippen molar-refractivity contribution in [2.24, 2.45) is 4.99 Å². The van der Waals surface area contributed by atoms with Crippen molar-refractivity contribution in [2.75, 3.05) is 13.7 Å². The number of carbonyl (C=O) groups excluding carboxylic acids is 1. The molecule has 0 N–H and O–H groups in total. The number of esters is 1. The van der Waals surface area contributed by atoms with E-state index in [1.165, 1.54) is 12.0 Å². The monoisotopic (exact) mass is 510 g/mol. The van der Waals surface area contributed by atoms with Crippen LogP contribution in [0.2, 0.25) is 0 Å². The van der Waals surface area contributed by atoms with Crippen LogP contribution in [-0.2, 0) is 9.53 Å². The molecule has 0 saturated carbocycles. The van der Waals surface area contributed by atoms with Gasteiger partial charge in [0, 0.05) is 16.0 Å². The summed E-state index contributed by atoms with van der Waals surface area (Å²) in [5, 5.41) is 9.74. The normalized spacial score (nSPS) is 14.1. The Morgan fingerprint density at radius 2 is 1.84 bits per heavy atom. The van der Waals surface area contributed by atoms with Gasteiger partial charge in [0.05, 0.1) is 19.2 Å². The van der Waals surface area contributed by atoms with E-state index in [1.54, 1.807) is 11.3 Å². The standard InChI is InChI=1S/C29H26N4O3S/c1-6-14-36-23-9-7-8-22(15-23)20-10-12-21(13-11-20)27-26-17(2)18(3)37-29(26)33-19(4)31-32-28(33)24(30-27)16-25(34)35-5/h1,7-13,15,24H,14,16H2,2-5H3/t24-/m0/s1. The first-order valence-corrected chi connectivity index (χ1v) is 12.7. The highest BCUT2D eigenvalue weighted by molar-refractivity contribution is 7.15. The molecule has 0 radical (unpaired) electrons. The van der Waals surface area contributed by atoms with Crippen LogP contribution in [0.15, 0.2) is 53.5 Å². The number of hydrogen-bond acceptors (Lipinski definition) is 7. The summed E-state index contributed by atoms with van der Waals surface area (Å²) >= 11 is 1.68. The Labute approximate surface area is 219 Å². The quantitative estimate of drug-likeness (QED) is 0.257. The van der Waals surface area contributed by atoms with Crippen LogP contribution in [0.5, 0.6) is 5.75 Å². The van der Waals surface area contributed by atoms with Gasteiger partial charge in [0.1, 0.15) is 29.2 Å². The van der Waals surface area contributed by atoms with Crippen molar-refractivity contribution < 1.29 is 14.3 Å². The Morgan fingerprint density at radius 1 is 1.08 bits per heavy atom. The Bertz CT molecular complexity index is 1560. The smallest absolute Gasteiger partial charge is 0.308 e. The van der Waals surface area contributed by atoms with Crippen LogP contribution in [0.25, 0.3) is 16.1 Å². The lowest BCUT2D eigenvalue weighted by molar-refractivity contribution is -0.141. The molecule has 1 aliphatic rings. The number of nitrogens with zero attached hydrogens (tertiary/aromatic N) is 4. The van der Waals surface area contributed by atoms with Crippen molar-refractivity contribution >= 4 is 23.0 Å². The lowest BCUT2D eigenvalue weighted by Crippen LogP contribution is -2.12. The molecule has 5 rings (SSSR count). The second kappa shape index (κ2) is 10.0. The first-order valence-electron chi connectivity index (χ1n) is 11.9. The fraction of sp³-hybridized carbons (Fsp3) is 0.241. The highest BCUT2D eigenvalue weighted by Gasteiger charge is 2.32. The van der Waals surface area contributed by atoms with Gasteiger partial charge in [-0.1, -0.05) is 42.3 Å². The third-order valence-corrected chi connectivity index (χ3v) is 7.67. The van der Waals surface area contributed by atoms with Crippen LogP contribution in [0.4, 0.5) is 0 Å². The number of terminal acetylenes is 1. The van der Waals surface area contributed by atoms with E-state index in [-0.39, 0.29) is 19.0 Å². The molecule has 3 heterocycles. The van der Waals surface area contributed by atoms with Gasteiger partial charge < -0.3 is 9.47 Å². The van der Waals surface area contributed by atoms with E-state index in [0.717, 1.165) is 50.1 Å². The van der Waals surface area contributed by atoms with Gasteiger partial charge >= 0.3 is 5.97 Å².